The second kappa shape index (κ2) is 6.49. The number of halogens is 3. The zero-order valence-corrected chi connectivity index (χ0v) is 11.4. The molecule has 0 bridgehead atoms. The Balaban J connectivity index is 0.000000396. The van der Waals surface area contributed by atoms with Crippen molar-refractivity contribution in [1.29, 1.82) is 0 Å². The monoisotopic (exact) mass is 337 g/mol. The molecular weight excluding hydrogens is 327 g/mol. The van der Waals surface area contributed by atoms with Crippen molar-refractivity contribution in [3.05, 3.63) is 29.8 Å². The Bertz CT molecular complexity index is 636. The first-order valence-electron chi connectivity index (χ1n) is 4.57. The van der Waals surface area contributed by atoms with Gasteiger partial charge in [0.25, 0.3) is 10.0 Å². The summed E-state index contributed by atoms with van der Waals surface area (Å²) in [5.74, 6) is 0. The number of aryl methyl sites for hydroxylation is 1. The predicted octanol–water partition coefficient (Wildman–Crippen LogP) is 1.06. The molecule has 116 valence electrons. The fraction of sp³-hybridized carbons (Fsp3) is 0.250. The Morgan fingerprint density at radius 2 is 1.40 bits per heavy atom. The minimum atomic E-state index is -5.84. The molecule has 0 aliphatic rings. The number of hydrogen-bond acceptors (Lipinski definition) is 5. The molecule has 0 heterocycles. The summed E-state index contributed by atoms with van der Waals surface area (Å²) in [6.07, 6.45) is 0. The molecule has 1 rings (SSSR count). The third kappa shape index (κ3) is 5.83. The van der Waals surface area contributed by atoms with Crippen LogP contribution in [0.1, 0.15) is 5.56 Å². The van der Waals surface area contributed by atoms with Gasteiger partial charge >= 0.3 is 15.6 Å². The first-order valence-corrected chi connectivity index (χ1v) is 7.50. The number of sulfonamides is 1. The van der Waals surface area contributed by atoms with E-state index in [9.17, 15) is 21.6 Å². The van der Waals surface area contributed by atoms with Crippen LogP contribution in [0.3, 0.4) is 0 Å². The van der Waals surface area contributed by atoms with Gasteiger partial charge in [-0.15, -0.1) is 0 Å². The number of alkyl halides is 3. The van der Waals surface area contributed by atoms with Crippen LogP contribution in [0, 0.1) is 6.92 Å². The molecular formula is C8H10F3NO6S2. The molecule has 1 aromatic carbocycles. The molecule has 1 aromatic rings. The molecule has 0 aromatic heterocycles. The third-order valence-corrected chi connectivity index (χ3v) is 3.46. The lowest BCUT2D eigenvalue weighted by Crippen LogP contribution is -2.21. The first-order chi connectivity index (χ1) is 8.81. The molecule has 0 unspecified atom stereocenters. The Hall–Kier alpha value is -1.21. The lowest BCUT2D eigenvalue weighted by atomic mass is 10.2. The molecule has 3 N–H and O–H groups in total. The van der Waals surface area contributed by atoms with E-state index in [-0.39, 0.29) is 4.90 Å². The van der Waals surface area contributed by atoms with Crippen molar-refractivity contribution in [3.8, 4) is 0 Å². The quantitative estimate of drug-likeness (QED) is 0.421. The fourth-order valence-corrected chi connectivity index (χ4v) is 1.37. The maximum Gasteiger partial charge on any atom is 0.522 e. The SMILES string of the molecule is Cc1ccc(S(=O)(=O)NO)cc1.O=S(=O)(O)C(F)(F)F. The van der Waals surface area contributed by atoms with Gasteiger partial charge in [-0.1, -0.05) is 22.6 Å². The summed E-state index contributed by atoms with van der Waals surface area (Å²) in [5.41, 5.74) is -4.57. The Morgan fingerprint density at radius 1 is 1.05 bits per heavy atom. The maximum absolute atomic E-state index is 11.0. The maximum atomic E-state index is 11.0. The summed E-state index contributed by atoms with van der Waals surface area (Å²) < 4.78 is 79.4. The van der Waals surface area contributed by atoms with Crippen LogP contribution < -0.4 is 4.89 Å². The molecule has 0 amide bonds. The van der Waals surface area contributed by atoms with Crippen LogP contribution in [-0.4, -0.2) is 32.1 Å². The molecule has 12 heteroatoms. The highest BCUT2D eigenvalue weighted by Gasteiger charge is 2.44. The average molecular weight is 337 g/mol. The van der Waals surface area contributed by atoms with E-state index in [4.69, 9.17) is 18.2 Å². The number of hydrogen-bond donors (Lipinski definition) is 3. The highest BCUT2D eigenvalue weighted by molar-refractivity contribution is 7.89. The molecule has 0 aliphatic carbocycles. The van der Waals surface area contributed by atoms with E-state index in [0.717, 1.165) is 5.56 Å². The van der Waals surface area contributed by atoms with Gasteiger partial charge in [0.2, 0.25) is 0 Å². The van der Waals surface area contributed by atoms with Crippen LogP contribution in [0.25, 0.3) is 0 Å². The van der Waals surface area contributed by atoms with E-state index in [1.165, 1.54) is 17.0 Å². The van der Waals surface area contributed by atoms with E-state index in [2.05, 4.69) is 0 Å². The zero-order chi connectivity index (χ0) is 16.2. The summed E-state index contributed by atoms with van der Waals surface area (Å²) in [4.78, 5) is 1.30. The Labute approximate surface area is 112 Å². The molecule has 0 saturated heterocycles. The fourth-order valence-electron chi connectivity index (χ4n) is 0.770. The van der Waals surface area contributed by atoms with Crippen molar-refractivity contribution in [2.45, 2.75) is 17.3 Å². The van der Waals surface area contributed by atoms with Crippen LogP contribution in [0.4, 0.5) is 13.2 Å². The van der Waals surface area contributed by atoms with Gasteiger partial charge in [0.15, 0.2) is 0 Å². The number of rotatable bonds is 2. The van der Waals surface area contributed by atoms with E-state index >= 15 is 0 Å². The van der Waals surface area contributed by atoms with Crippen LogP contribution in [0.2, 0.25) is 0 Å². The zero-order valence-electron chi connectivity index (χ0n) is 9.79. The van der Waals surface area contributed by atoms with Crippen LogP contribution >= 0.6 is 0 Å². The minimum absolute atomic E-state index is 0.0515. The topological polar surface area (TPSA) is 121 Å². The summed E-state index contributed by atoms with van der Waals surface area (Å²) in [6, 6.07) is 6.16. The van der Waals surface area contributed by atoms with Gasteiger partial charge in [0.05, 0.1) is 4.90 Å². The van der Waals surface area contributed by atoms with Gasteiger partial charge in [-0.05, 0) is 19.1 Å². The van der Waals surface area contributed by atoms with E-state index in [1.54, 1.807) is 12.1 Å². The summed E-state index contributed by atoms with van der Waals surface area (Å²) >= 11 is 0. The van der Waals surface area contributed by atoms with Crippen molar-refractivity contribution >= 4 is 20.1 Å². The Kier molecular flexibility index (Phi) is 6.10. The highest BCUT2D eigenvalue weighted by Crippen LogP contribution is 2.20. The van der Waals surface area contributed by atoms with E-state index in [0.29, 0.717) is 0 Å². The summed E-state index contributed by atoms with van der Waals surface area (Å²) in [7, 11) is -9.55. The van der Waals surface area contributed by atoms with Crippen molar-refractivity contribution in [2.75, 3.05) is 0 Å². The second-order valence-electron chi connectivity index (χ2n) is 3.33. The van der Waals surface area contributed by atoms with Crippen molar-refractivity contribution < 1.29 is 39.8 Å². The van der Waals surface area contributed by atoms with Crippen LogP contribution in [0.15, 0.2) is 29.2 Å². The van der Waals surface area contributed by atoms with Gasteiger partial charge in [-0.25, -0.2) is 8.42 Å². The van der Waals surface area contributed by atoms with E-state index in [1.807, 2.05) is 6.92 Å². The number of benzene rings is 1. The molecule has 0 fully saturated rings. The van der Waals surface area contributed by atoms with Crippen molar-refractivity contribution in [3.63, 3.8) is 0 Å². The standard InChI is InChI=1S/C7H9NO3S.CHF3O3S/c1-6-2-4-7(5-3-6)12(10,11)8-9;2-1(3,4)8(5,6)7/h2-5,8-9H,1H3;(H,5,6,7). The molecule has 0 radical (unpaired) electrons. The molecule has 0 atom stereocenters. The third-order valence-electron chi connectivity index (χ3n) is 1.74. The van der Waals surface area contributed by atoms with Crippen LogP contribution in [0.5, 0.6) is 0 Å². The van der Waals surface area contributed by atoms with Crippen molar-refractivity contribution in [2.24, 2.45) is 0 Å². The van der Waals surface area contributed by atoms with E-state index < -0.39 is 25.6 Å². The summed E-state index contributed by atoms with van der Waals surface area (Å²) in [6.45, 7) is 1.85. The van der Waals surface area contributed by atoms with Crippen LogP contribution in [-0.2, 0) is 20.1 Å². The van der Waals surface area contributed by atoms with Gasteiger partial charge in [-0.3, -0.25) is 4.55 Å². The molecule has 7 nitrogen and oxygen atoms in total. The Morgan fingerprint density at radius 3 is 1.65 bits per heavy atom. The van der Waals surface area contributed by atoms with Gasteiger partial charge in [0.1, 0.15) is 0 Å². The summed E-state index contributed by atoms with van der Waals surface area (Å²) in [5, 5.41) is 8.28. The van der Waals surface area contributed by atoms with Gasteiger partial charge in [-0.2, -0.15) is 21.6 Å². The van der Waals surface area contributed by atoms with Crippen molar-refractivity contribution in [1.82, 2.24) is 4.89 Å². The normalized spacial score (nSPS) is 12.5. The van der Waals surface area contributed by atoms with Gasteiger partial charge in [0, 0.05) is 0 Å². The minimum Gasteiger partial charge on any atom is -0.302 e. The lowest BCUT2D eigenvalue weighted by molar-refractivity contribution is -0.0510. The highest BCUT2D eigenvalue weighted by atomic mass is 32.2. The predicted molar refractivity (Wildman–Crippen MR) is 60.9 cm³/mol. The number of nitrogens with one attached hydrogen (secondary N) is 1. The smallest absolute Gasteiger partial charge is 0.302 e. The molecule has 0 saturated carbocycles. The lowest BCUT2D eigenvalue weighted by Gasteiger charge is -2.00. The second-order valence-corrected chi connectivity index (χ2v) is 6.40. The molecule has 0 spiro atoms. The average Bonchev–Trinajstić information content (AvgIpc) is 2.28. The van der Waals surface area contributed by atoms with Gasteiger partial charge < -0.3 is 5.21 Å². The largest absolute Gasteiger partial charge is 0.522 e. The molecule has 20 heavy (non-hydrogen) atoms. The molecule has 0 aliphatic heterocycles. The first kappa shape index (κ1) is 18.8.